The van der Waals surface area contributed by atoms with Crippen molar-refractivity contribution >= 4 is 11.6 Å². The highest BCUT2D eigenvalue weighted by molar-refractivity contribution is 6.29. The summed E-state index contributed by atoms with van der Waals surface area (Å²) in [5, 5.41) is 3.79. The fourth-order valence-corrected chi connectivity index (χ4v) is 3.29. The molecule has 8 heteroatoms. The van der Waals surface area contributed by atoms with Gasteiger partial charge in [0.15, 0.2) is 23.0 Å². The molecule has 0 saturated carbocycles. The molecule has 3 aromatic rings. The van der Waals surface area contributed by atoms with Crippen LogP contribution in [-0.4, -0.2) is 32.5 Å². The zero-order valence-corrected chi connectivity index (χ0v) is 19.2. The van der Waals surface area contributed by atoms with E-state index >= 15 is 0 Å². The SMILES string of the molecule is COc1ccc(CC(N)NCc2ccc(OCc3ccc(Cl)nc3)c(OC)c2)cc1OC. The average molecular weight is 458 g/mol. The molecule has 170 valence electrons. The summed E-state index contributed by atoms with van der Waals surface area (Å²) < 4.78 is 22.0. The topological polar surface area (TPSA) is 87.9 Å². The lowest BCUT2D eigenvalue weighted by Crippen LogP contribution is -2.38. The Bertz CT molecular complexity index is 1010. The van der Waals surface area contributed by atoms with Gasteiger partial charge in [0.1, 0.15) is 11.8 Å². The third-order valence-electron chi connectivity index (χ3n) is 4.88. The Hall–Kier alpha value is -3.00. The third-order valence-corrected chi connectivity index (χ3v) is 5.11. The first kappa shape index (κ1) is 23.7. The molecular weight excluding hydrogens is 430 g/mol. The minimum atomic E-state index is -0.229. The van der Waals surface area contributed by atoms with Crippen molar-refractivity contribution in [1.82, 2.24) is 10.3 Å². The molecule has 1 heterocycles. The molecule has 0 amide bonds. The second-order valence-electron chi connectivity index (χ2n) is 7.14. The van der Waals surface area contributed by atoms with E-state index in [0.717, 1.165) is 16.7 Å². The van der Waals surface area contributed by atoms with Crippen molar-refractivity contribution in [3.63, 3.8) is 0 Å². The maximum Gasteiger partial charge on any atom is 0.161 e. The van der Waals surface area contributed by atoms with E-state index in [2.05, 4.69) is 10.3 Å². The van der Waals surface area contributed by atoms with Crippen molar-refractivity contribution < 1.29 is 18.9 Å². The lowest BCUT2D eigenvalue weighted by atomic mass is 10.1. The first-order valence-electron chi connectivity index (χ1n) is 10.1. The van der Waals surface area contributed by atoms with E-state index in [1.807, 2.05) is 42.5 Å². The average Bonchev–Trinajstić information content (AvgIpc) is 2.82. The Kier molecular flexibility index (Phi) is 8.56. The number of benzene rings is 2. The number of rotatable bonds is 11. The molecule has 7 nitrogen and oxygen atoms in total. The first-order valence-corrected chi connectivity index (χ1v) is 10.5. The molecule has 3 N–H and O–H groups in total. The summed E-state index contributed by atoms with van der Waals surface area (Å²) in [7, 11) is 4.85. The van der Waals surface area contributed by atoms with Crippen LogP contribution in [0.2, 0.25) is 5.15 Å². The summed E-state index contributed by atoms with van der Waals surface area (Å²) in [5.74, 6) is 2.69. The Labute approximate surface area is 193 Å². The maximum atomic E-state index is 6.28. The largest absolute Gasteiger partial charge is 0.493 e. The third kappa shape index (κ3) is 6.50. The van der Waals surface area contributed by atoms with Gasteiger partial charge in [-0.3, -0.25) is 5.32 Å². The van der Waals surface area contributed by atoms with Gasteiger partial charge in [-0.25, -0.2) is 4.98 Å². The van der Waals surface area contributed by atoms with Gasteiger partial charge in [-0.15, -0.1) is 0 Å². The normalized spacial score (nSPS) is 11.7. The molecule has 2 aromatic carbocycles. The number of ether oxygens (including phenoxy) is 4. The summed E-state index contributed by atoms with van der Waals surface area (Å²) in [4.78, 5) is 4.06. The molecule has 0 radical (unpaired) electrons. The molecule has 32 heavy (non-hydrogen) atoms. The van der Waals surface area contributed by atoms with Crippen LogP contribution in [0.4, 0.5) is 0 Å². The van der Waals surface area contributed by atoms with Crippen LogP contribution < -0.4 is 30.0 Å². The summed E-state index contributed by atoms with van der Waals surface area (Å²) in [5.41, 5.74) is 9.29. The van der Waals surface area contributed by atoms with E-state index in [4.69, 9.17) is 36.3 Å². The summed E-state index contributed by atoms with van der Waals surface area (Å²) in [6.45, 7) is 0.959. The second kappa shape index (κ2) is 11.6. The van der Waals surface area contributed by atoms with E-state index in [1.54, 1.807) is 33.6 Å². The number of nitrogens with one attached hydrogen (secondary N) is 1. The van der Waals surface area contributed by atoms with Crippen LogP contribution in [-0.2, 0) is 19.6 Å². The fourth-order valence-electron chi connectivity index (χ4n) is 3.18. The van der Waals surface area contributed by atoms with Crippen LogP contribution in [0.15, 0.2) is 54.7 Å². The van der Waals surface area contributed by atoms with Gasteiger partial charge < -0.3 is 24.7 Å². The first-order chi connectivity index (χ1) is 15.5. The Morgan fingerprint density at radius 3 is 2.16 bits per heavy atom. The maximum absolute atomic E-state index is 6.28. The van der Waals surface area contributed by atoms with Gasteiger partial charge in [0.25, 0.3) is 0 Å². The zero-order valence-electron chi connectivity index (χ0n) is 18.4. The molecule has 0 fully saturated rings. The predicted octanol–water partition coefficient (Wildman–Crippen LogP) is 3.96. The molecule has 0 saturated heterocycles. The van der Waals surface area contributed by atoms with Gasteiger partial charge in [-0.05, 0) is 41.5 Å². The van der Waals surface area contributed by atoms with Gasteiger partial charge in [0.05, 0.1) is 27.5 Å². The molecule has 1 aromatic heterocycles. The van der Waals surface area contributed by atoms with Crippen LogP contribution in [0.1, 0.15) is 16.7 Å². The van der Waals surface area contributed by atoms with Crippen LogP contribution in [0.3, 0.4) is 0 Å². The molecule has 0 aliphatic carbocycles. The number of hydrogen-bond donors (Lipinski definition) is 2. The highest BCUT2D eigenvalue weighted by atomic mass is 35.5. The molecule has 3 rings (SSSR count). The van der Waals surface area contributed by atoms with E-state index in [-0.39, 0.29) is 6.17 Å². The molecule has 0 aliphatic heterocycles. The number of nitrogens with zero attached hydrogens (tertiary/aromatic N) is 1. The Morgan fingerprint density at radius 2 is 1.47 bits per heavy atom. The van der Waals surface area contributed by atoms with Crippen molar-refractivity contribution in [2.24, 2.45) is 5.73 Å². The van der Waals surface area contributed by atoms with Crippen molar-refractivity contribution in [3.8, 4) is 23.0 Å². The second-order valence-corrected chi connectivity index (χ2v) is 7.53. The van der Waals surface area contributed by atoms with Crippen LogP contribution in [0.25, 0.3) is 0 Å². The van der Waals surface area contributed by atoms with Crippen LogP contribution in [0.5, 0.6) is 23.0 Å². The van der Waals surface area contributed by atoms with Gasteiger partial charge in [-0.2, -0.15) is 0 Å². The van der Waals surface area contributed by atoms with Gasteiger partial charge in [-0.1, -0.05) is 29.8 Å². The lowest BCUT2D eigenvalue weighted by Gasteiger charge is -2.17. The number of aromatic nitrogens is 1. The molecule has 1 atom stereocenters. The van der Waals surface area contributed by atoms with E-state index < -0.39 is 0 Å². The molecule has 0 spiro atoms. The van der Waals surface area contributed by atoms with E-state index in [9.17, 15) is 0 Å². The molecule has 0 aliphatic rings. The monoisotopic (exact) mass is 457 g/mol. The Balaban J connectivity index is 1.56. The number of nitrogens with two attached hydrogens (primary N) is 1. The highest BCUT2D eigenvalue weighted by Gasteiger charge is 2.10. The smallest absolute Gasteiger partial charge is 0.161 e. The number of pyridine rings is 1. The summed E-state index contributed by atoms with van der Waals surface area (Å²) in [6.07, 6.45) is 2.10. The van der Waals surface area contributed by atoms with Gasteiger partial charge >= 0.3 is 0 Å². The molecular formula is C24H28ClN3O4. The lowest BCUT2D eigenvalue weighted by molar-refractivity contribution is 0.284. The minimum absolute atomic E-state index is 0.229. The molecule has 0 bridgehead atoms. The predicted molar refractivity (Wildman–Crippen MR) is 125 cm³/mol. The standard InChI is InChI=1S/C24H28ClN3O4/c1-29-19-7-4-16(10-21(19)30-2)12-24(26)28-13-17-5-8-20(22(11-17)31-3)32-15-18-6-9-23(25)27-14-18/h4-11,14,24,28H,12-13,15,26H2,1-3H3. The number of hydrogen-bond acceptors (Lipinski definition) is 7. The fraction of sp³-hybridized carbons (Fsp3) is 0.292. The van der Waals surface area contributed by atoms with Crippen LogP contribution in [0, 0.1) is 0 Å². The quantitative estimate of drug-likeness (QED) is 0.333. The van der Waals surface area contributed by atoms with E-state index in [0.29, 0.717) is 47.7 Å². The number of methoxy groups -OCH3 is 3. The zero-order chi connectivity index (χ0) is 22.9. The summed E-state index contributed by atoms with van der Waals surface area (Å²) >= 11 is 5.82. The van der Waals surface area contributed by atoms with Gasteiger partial charge in [0.2, 0.25) is 0 Å². The minimum Gasteiger partial charge on any atom is -0.493 e. The van der Waals surface area contributed by atoms with Crippen molar-refractivity contribution in [2.45, 2.75) is 25.7 Å². The molecule has 1 unspecified atom stereocenters. The number of halogens is 1. The van der Waals surface area contributed by atoms with Crippen molar-refractivity contribution in [3.05, 3.63) is 76.6 Å². The van der Waals surface area contributed by atoms with Crippen molar-refractivity contribution in [1.29, 1.82) is 0 Å². The van der Waals surface area contributed by atoms with E-state index in [1.165, 1.54) is 0 Å². The van der Waals surface area contributed by atoms with Crippen molar-refractivity contribution in [2.75, 3.05) is 21.3 Å². The Morgan fingerprint density at radius 1 is 0.844 bits per heavy atom. The van der Waals surface area contributed by atoms with Gasteiger partial charge in [0, 0.05) is 24.7 Å². The van der Waals surface area contributed by atoms with Crippen LogP contribution >= 0.6 is 11.6 Å². The highest BCUT2D eigenvalue weighted by Crippen LogP contribution is 2.29. The summed E-state index contributed by atoms with van der Waals surface area (Å²) in [6, 6.07) is 15.2.